The number of rotatable bonds is 1. The summed E-state index contributed by atoms with van der Waals surface area (Å²) < 4.78 is 5.74. The van der Waals surface area contributed by atoms with E-state index in [2.05, 4.69) is 21.1 Å². The molecule has 1 aromatic heterocycles. The van der Waals surface area contributed by atoms with Gasteiger partial charge in [0, 0.05) is 5.56 Å². The Bertz CT molecular complexity index is 436. The summed E-state index contributed by atoms with van der Waals surface area (Å²) in [6.45, 7) is 0. The molecule has 0 aliphatic heterocycles. The third-order valence-electron chi connectivity index (χ3n) is 1.63. The quantitative estimate of drug-likeness (QED) is 0.701. The molecule has 0 radical (unpaired) electrons. The van der Waals surface area contributed by atoms with E-state index >= 15 is 0 Å². The van der Waals surface area contributed by atoms with E-state index in [0.717, 1.165) is 16.1 Å². The maximum atomic E-state index is 10.5. The van der Waals surface area contributed by atoms with Crippen LogP contribution in [0.1, 0.15) is 10.4 Å². The summed E-state index contributed by atoms with van der Waals surface area (Å²) in [6.07, 6.45) is 2.32. The first-order valence-corrected chi connectivity index (χ1v) is 4.10. The predicted octanol–water partition coefficient (Wildman–Crippen LogP) is 2.40. The van der Waals surface area contributed by atoms with E-state index in [9.17, 15) is 4.79 Å². The lowest BCUT2D eigenvalue weighted by molar-refractivity contribution is 0.112. The van der Waals surface area contributed by atoms with Gasteiger partial charge in [-0.25, -0.2) is 0 Å². The second kappa shape index (κ2) is 2.71. The Kier molecular flexibility index (Phi) is 1.69. The molecule has 0 bridgehead atoms. The smallest absolute Gasteiger partial charge is 0.181 e. The van der Waals surface area contributed by atoms with Crippen molar-refractivity contribution in [3.05, 3.63) is 28.4 Å². The molecule has 0 amide bonds. The van der Waals surface area contributed by atoms with Crippen LogP contribution in [0.2, 0.25) is 0 Å². The Morgan fingerprint density at radius 3 is 3.08 bits per heavy atom. The molecule has 0 aliphatic carbocycles. The van der Waals surface area contributed by atoms with Crippen LogP contribution < -0.4 is 0 Å². The highest BCUT2D eigenvalue weighted by Crippen LogP contribution is 2.25. The zero-order valence-corrected chi connectivity index (χ0v) is 7.54. The summed E-state index contributed by atoms with van der Waals surface area (Å²) in [7, 11) is 0. The van der Waals surface area contributed by atoms with Gasteiger partial charge in [0.05, 0.1) is 16.1 Å². The molecule has 60 valence electrons. The van der Waals surface area contributed by atoms with E-state index in [4.69, 9.17) is 4.52 Å². The number of fused-ring (bicyclic) bond motifs is 1. The van der Waals surface area contributed by atoms with Crippen LogP contribution in [0.5, 0.6) is 0 Å². The van der Waals surface area contributed by atoms with Crippen molar-refractivity contribution in [3.63, 3.8) is 0 Å². The number of nitrogens with zero attached hydrogens (tertiary/aromatic N) is 1. The number of benzene rings is 1. The summed E-state index contributed by atoms with van der Waals surface area (Å²) in [4.78, 5) is 10.5. The Morgan fingerprint density at radius 1 is 1.50 bits per heavy atom. The minimum absolute atomic E-state index is 0.592. The van der Waals surface area contributed by atoms with Crippen molar-refractivity contribution in [1.82, 2.24) is 5.16 Å². The maximum Gasteiger partial charge on any atom is 0.181 e. The molecule has 0 N–H and O–H groups in total. The molecule has 1 aromatic carbocycles. The first kappa shape index (κ1) is 7.49. The lowest BCUT2D eigenvalue weighted by Gasteiger charge is -1.92. The van der Waals surface area contributed by atoms with Crippen molar-refractivity contribution in [2.24, 2.45) is 0 Å². The van der Waals surface area contributed by atoms with Gasteiger partial charge >= 0.3 is 0 Å². The van der Waals surface area contributed by atoms with Gasteiger partial charge in [-0.15, -0.1) is 0 Å². The van der Waals surface area contributed by atoms with Gasteiger partial charge < -0.3 is 4.52 Å². The van der Waals surface area contributed by atoms with E-state index in [1.807, 2.05) is 0 Å². The number of halogens is 1. The SMILES string of the molecule is O=Cc1ccc(Br)c2oncc12. The van der Waals surface area contributed by atoms with Crippen LogP contribution in [0.15, 0.2) is 27.3 Å². The van der Waals surface area contributed by atoms with Crippen LogP contribution in [-0.2, 0) is 0 Å². The van der Waals surface area contributed by atoms with Gasteiger partial charge in [0.25, 0.3) is 0 Å². The van der Waals surface area contributed by atoms with Gasteiger partial charge in [-0.3, -0.25) is 4.79 Å². The first-order valence-electron chi connectivity index (χ1n) is 3.31. The highest BCUT2D eigenvalue weighted by Gasteiger charge is 2.06. The predicted molar refractivity (Wildman–Crippen MR) is 47.1 cm³/mol. The number of hydrogen-bond acceptors (Lipinski definition) is 3. The van der Waals surface area contributed by atoms with Gasteiger partial charge in [0.15, 0.2) is 11.9 Å². The number of carbonyl (C=O) groups is 1. The Hall–Kier alpha value is -1.16. The van der Waals surface area contributed by atoms with E-state index in [0.29, 0.717) is 11.1 Å². The highest BCUT2D eigenvalue weighted by molar-refractivity contribution is 9.10. The zero-order chi connectivity index (χ0) is 8.55. The molecule has 1 heterocycles. The summed E-state index contributed by atoms with van der Waals surface area (Å²) in [6, 6.07) is 3.48. The van der Waals surface area contributed by atoms with E-state index in [-0.39, 0.29) is 0 Å². The highest BCUT2D eigenvalue weighted by atomic mass is 79.9. The average molecular weight is 226 g/mol. The van der Waals surface area contributed by atoms with Gasteiger partial charge in [-0.1, -0.05) is 5.16 Å². The van der Waals surface area contributed by atoms with Crippen LogP contribution in [0.25, 0.3) is 11.0 Å². The van der Waals surface area contributed by atoms with Crippen molar-refractivity contribution < 1.29 is 9.32 Å². The van der Waals surface area contributed by atoms with E-state index in [1.165, 1.54) is 6.20 Å². The summed E-state index contributed by atoms with van der Waals surface area (Å²) in [5, 5.41) is 4.34. The molecular formula is C8H4BrNO2. The number of aldehydes is 1. The number of carbonyl (C=O) groups excluding carboxylic acids is 1. The Balaban J connectivity index is 2.91. The maximum absolute atomic E-state index is 10.5. The van der Waals surface area contributed by atoms with Gasteiger partial charge in [-0.05, 0) is 28.1 Å². The van der Waals surface area contributed by atoms with Gasteiger partial charge in [0.1, 0.15) is 0 Å². The number of hydrogen-bond donors (Lipinski definition) is 0. The fourth-order valence-electron chi connectivity index (χ4n) is 1.05. The molecule has 0 atom stereocenters. The van der Waals surface area contributed by atoms with Crippen molar-refractivity contribution in [2.45, 2.75) is 0 Å². The summed E-state index contributed by atoms with van der Waals surface area (Å²) in [5.41, 5.74) is 1.20. The lowest BCUT2D eigenvalue weighted by Crippen LogP contribution is -1.79. The second-order valence-electron chi connectivity index (χ2n) is 2.32. The molecule has 0 fully saturated rings. The monoisotopic (exact) mass is 225 g/mol. The fraction of sp³-hybridized carbons (Fsp3) is 0. The third kappa shape index (κ3) is 0.956. The molecule has 12 heavy (non-hydrogen) atoms. The van der Waals surface area contributed by atoms with E-state index in [1.54, 1.807) is 12.1 Å². The molecule has 0 spiro atoms. The normalized spacial score (nSPS) is 10.4. The zero-order valence-electron chi connectivity index (χ0n) is 5.95. The molecule has 0 saturated heterocycles. The third-order valence-corrected chi connectivity index (χ3v) is 2.26. The van der Waals surface area contributed by atoms with Crippen molar-refractivity contribution in [3.8, 4) is 0 Å². The van der Waals surface area contributed by atoms with Crippen LogP contribution in [0.3, 0.4) is 0 Å². The standard InChI is InChI=1S/C8H4BrNO2/c9-7-2-1-5(4-11)6-3-10-12-8(6)7/h1-4H. The molecule has 2 aromatic rings. The first-order chi connectivity index (χ1) is 5.83. The molecule has 3 nitrogen and oxygen atoms in total. The molecule has 0 aliphatic rings. The average Bonchev–Trinajstić information content (AvgIpc) is 2.54. The van der Waals surface area contributed by atoms with Crippen LogP contribution in [0.4, 0.5) is 0 Å². The summed E-state index contributed by atoms with van der Waals surface area (Å²) >= 11 is 3.29. The van der Waals surface area contributed by atoms with Crippen molar-refractivity contribution in [1.29, 1.82) is 0 Å². The Morgan fingerprint density at radius 2 is 2.33 bits per heavy atom. The van der Waals surface area contributed by atoms with Gasteiger partial charge in [-0.2, -0.15) is 0 Å². The molecule has 0 saturated carbocycles. The molecule has 0 unspecified atom stereocenters. The lowest BCUT2D eigenvalue weighted by atomic mass is 10.1. The molecular weight excluding hydrogens is 222 g/mol. The second-order valence-corrected chi connectivity index (χ2v) is 3.18. The minimum atomic E-state index is 0.592. The summed E-state index contributed by atoms with van der Waals surface area (Å²) in [5.74, 6) is 0. The van der Waals surface area contributed by atoms with Gasteiger partial charge in [0.2, 0.25) is 0 Å². The van der Waals surface area contributed by atoms with Crippen LogP contribution in [-0.4, -0.2) is 11.4 Å². The fourth-order valence-corrected chi connectivity index (χ4v) is 1.47. The largest absolute Gasteiger partial charge is 0.355 e. The van der Waals surface area contributed by atoms with Crippen LogP contribution in [0, 0.1) is 0 Å². The topological polar surface area (TPSA) is 43.1 Å². The van der Waals surface area contributed by atoms with E-state index < -0.39 is 0 Å². The minimum Gasteiger partial charge on any atom is -0.355 e. The van der Waals surface area contributed by atoms with Crippen molar-refractivity contribution >= 4 is 33.2 Å². The van der Waals surface area contributed by atoms with Crippen LogP contribution >= 0.6 is 15.9 Å². The Labute approximate surface area is 76.5 Å². The molecule has 2 rings (SSSR count). The van der Waals surface area contributed by atoms with Crippen molar-refractivity contribution in [2.75, 3.05) is 0 Å². The molecule has 4 heteroatoms. The number of aromatic nitrogens is 1.